The number of benzene rings is 2. The van der Waals surface area contributed by atoms with Crippen molar-refractivity contribution >= 4 is 21.6 Å². The van der Waals surface area contributed by atoms with E-state index < -0.39 is 15.6 Å². The van der Waals surface area contributed by atoms with Crippen LogP contribution in [0.2, 0.25) is 0 Å². The Morgan fingerprint density at radius 3 is 2.10 bits per heavy atom. The van der Waals surface area contributed by atoms with Crippen LogP contribution < -0.4 is 10.0 Å². The molecular weight excluding hydrogens is 386 g/mol. The van der Waals surface area contributed by atoms with E-state index in [4.69, 9.17) is 0 Å². The molecule has 7 heteroatoms. The summed E-state index contributed by atoms with van der Waals surface area (Å²) in [5.41, 5.74) is 1.23. The molecule has 0 heterocycles. The molecule has 1 amide bonds. The van der Waals surface area contributed by atoms with Gasteiger partial charge in [-0.25, -0.2) is 13.1 Å². The monoisotopic (exact) mass is 417 g/mol. The van der Waals surface area contributed by atoms with Crippen LogP contribution in [0, 0.1) is 0 Å². The fourth-order valence-electron chi connectivity index (χ4n) is 2.92. The van der Waals surface area contributed by atoms with Gasteiger partial charge in [0.2, 0.25) is 10.0 Å². The average molecular weight is 418 g/mol. The van der Waals surface area contributed by atoms with Crippen LogP contribution in [0.15, 0.2) is 53.4 Å². The summed E-state index contributed by atoms with van der Waals surface area (Å²) < 4.78 is 28.1. The van der Waals surface area contributed by atoms with Crippen LogP contribution >= 0.6 is 0 Å². The summed E-state index contributed by atoms with van der Waals surface area (Å²) in [7, 11) is -3.77. The highest BCUT2D eigenvalue weighted by Crippen LogP contribution is 2.23. The van der Waals surface area contributed by atoms with Gasteiger partial charge in [-0.05, 0) is 63.7 Å². The predicted octanol–water partition coefficient (Wildman–Crippen LogP) is 3.86. The third kappa shape index (κ3) is 6.66. The topological polar surface area (TPSA) is 78.5 Å². The van der Waals surface area contributed by atoms with Crippen molar-refractivity contribution in [2.75, 3.05) is 18.4 Å². The molecule has 2 N–H and O–H groups in total. The van der Waals surface area contributed by atoms with E-state index in [1.54, 1.807) is 51.1 Å². The first kappa shape index (κ1) is 23.1. The van der Waals surface area contributed by atoms with Gasteiger partial charge >= 0.3 is 0 Å². The van der Waals surface area contributed by atoms with E-state index in [2.05, 4.69) is 28.8 Å². The fourth-order valence-corrected chi connectivity index (χ4v) is 4.51. The maximum Gasteiger partial charge on any atom is 0.255 e. The number of para-hydroxylation sites is 1. The molecule has 0 radical (unpaired) electrons. The Hall–Kier alpha value is -2.22. The number of carbonyl (C=O) groups is 1. The minimum atomic E-state index is -3.77. The van der Waals surface area contributed by atoms with Gasteiger partial charge < -0.3 is 5.32 Å². The molecule has 158 valence electrons. The van der Waals surface area contributed by atoms with Crippen LogP contribution in [0.4, 0.5) is 5.69 Å². The summed E-state index contributed by atoms with van der Waals surface area (Å²) in [4.78, 5) is 15.0. The zero-order chi connectivity index (χ0) is 21.7. The molecular formula is C22H31N3O3S. The van der Waals surface area contributed by atoms with Crippen molar-refractivity contribution < 1.29 is 13.2 Å². The number of nitrogens with one attached hydrogen (secondary N) is 2. The number of hydrogen-bond acceptors (Lipinski definition) is 4. The van der Waals surface area contributed by atoms with Gasteiger partial charge in [0.1, 0.15) is 4.90 Å². The Kier molecular flexibility index (Phi) is 7.57. The van der Waals surface area contributed by atoms with Crippen LogP contribution in [0.5, 0.6) is 0 Å². The summed E-state index contributed by atoms with van der Waals surface area (Å²) >= 11 is 0. The maximum absolute atomic E-state index is 12.7. The molecule has 2 aromatic rings. The van der Waals surface area contributed by atoms with Crippen LogP contribution in [0.1, 0.15) is 50.5 Å². The SMILES string of the molecule is CCN(CC)Cc1ccc(C(=O)Nc2ccccc2S(=O)(=O)NC(C)(C)C)cc1. The van der Waals surface area contributed by atoms with Crippen LogP contribution in [0.3, 0.4) is 0 Å². The third-order valence-corrected chi connectivity index (χ3v) is 6.20. The van der Waals surface area contributed by atoms with Crippen LogP contribution in [-0.2, 0) is 16.6 Å². The molecule has 29 heavy (non-hydrogen) atoms. The van der Waals surface area contributed by atoms with Gasteiger partial charge in [-0.2, -0.15) is 0 Å². The molecule has 0 bridgehead atoms. The molecule has 0 atom stereocenters. The van der Waals surface area contributed by atoms with Crippen molar-refractivity contribution in [3.8, 4) is 0 Å². The van der Waals surface area contributed by atoms with E-state index >= 15 is 0 Å². The molecule has 0 aliphatic rings. The number of hydrogen-bond donors (Lipinski definition) is 2. The lowest BCUT2D eigenvalue weighted by molar-refractivity contribution is 0.102. The highest BCUT2D eigenvalue weighted by Gasteiger charge is 2.25. The van der Waals surface area contributed by atoms with Gasteiger partial charge in [-0.15, -0.1) is 0 Å². The van der Waals surface area contributed by atoms with Crippen LogP contribution in [-0.4, -0.2) is 37.9 Å². The molecule has 0 aromatic heterocycles. The van der Waals surface area contributed by atoms with Gasteiger partial charge in [-0.3, -0.25) is 9.69 Å². The lowest BCUT2D eigenvalue weighted by atomic mass is 10.1. The molecule has 0 fully saturated rings. The van der Waals surface area contributed by atoms with Crippen molar-refractivity contribution in [1.82, 2.24) is 9.62 Å². The first-order valence-corrected chi connectivity index (χ1v) is 11.3. The van der Waals surface area contributed by atoms with Gasteiger partial charge in [0, 0.05) is 17.6 Å². The molecule has 0 spiro atoms. The quantitative estimate of drug-likeness (QED) is 0.684. The molecule has 2 rings (SSSR count). The van der Waals surface area contributed by atoms with Gasteiger partial charge in [0.25, 0.3) is 5.91 Å². The largest absolute Gasteiger partial charge is 0.321 e. The van der Waals surface area contributed by atoms with E-state index in [0.717, 1.165) is 25.2 Å². The standard InChI is InChI=1S/C22H31N3O3S/c1-6-25(7-2)16-17-12-14-18(15-13-17)21(26)23-19-10-8-9-11-20(19)29(27,28)24-22(3,4)5/h8-15,24H,6-7,16H2,1-5H3,(H,23,26). The molecule has 0 unspecified atom stereocenters. The zero-order valence-corrected chi connectivity index (χ0v) is 18.6. The van der Waals surface area contributed by atoms with Crippen molar-refractivity contribution in [3.63, 3.8) is 0 Å². The van der Waals surface area contributed by atoms with Crippen molar-refractivity contribution in [2.45, 2.75) is 51.6 Å². The van der Waals surface area contributed by atoms with Crippen molar-refractivity contribution in [2.24, 2.45) is 0 Å². The van der Waals surface area contributed by atoms with E-state index in [1.807, 2.05) is 12.1 Å². The molecule has 2 aromatic carbocycles. The lowest BCUT2D eigenvalue weighted by Crippen LogP contribution is -2.40. The Balaban J connectivity index is 2.20. The number of anilines is 1. The molecule has 0 saturated heterocycles. The number of carbonyl (C=O) groups excluding carboxylic acids is 1. The van der Waals surface area contributed by atoms with Gasteiger partial charge in [0.05, 0.1) is 5.69 Å². The second-order valence-electron chi connectivity index (χ2n) is 7.96. The van der Waals surface area contributed by atoms with Crippen molar-refractivity contribution in [1.29, 1.82) is 0 Å². The fraction of sp³-hybridized carbons (Fsp3) is 0.409. The number of amides is 1. The van der Waals surface area contributed by atoms with Gasteiger partial charge in [0.15, 0.2) is 0 Å². The van der Waals surface area contributed by atoms with E-state index in [0.29, 0.717) is 5.56 Å². The predicted molar refractivity (Wildman–Crippen MR) is 118 cm³/mol. The Morgan fingerprint density at radius 2 is 1.55 bits per heavy atom. The molecule has 0 saturated carbocycles. The van der Waals surface area contributed by atoms with Crippen molar-refractivity contribution in [3.05, 3.63) is 59.7 Å². The molecule has 6 nitrogen and oxygen atoms in total. The molecule has 0 aliphatic carbocycles. The Bertz CT molecular complexity index is 929. The minimum absolute atomic E-state index is 0.0430. The Morgan fingerprint density at radius 1 is 0.966 bits per heavy atom. The minimum Gasteiger partial charge on any atom is -0.321 e. The van der Waals surface area contributed by atoms with E-state index in [9.17, 15) is 13.2 Å². The summed E-state index contributed by atoms with van der Waals surface area (Å²) in [5, 5.41) is 2.73. The normalized spacial score (nSPS) is 12.2. The molecule has 0 aliphatic heterocycles. The number of rotatable bonds is 8. The smallest absolute Gasteiger partial charge is 0.255 e. The Labute approximate surface area is 174 Å². The zero-order valence-electron chi connectivity index (χ0n) is 17.8. The van der Waals surface area contributed by atoms with Gasteiger partial charge in [-0.1, -0.05) is 38.1 Å². The summed E-state index contributed by atoms with van der Waals surface area (Å²) in [5.74, 6) is -0.349. The lowest BCUT2D eigenvalue weighted by Gasteiger charge is -2.21. The number of nitrogens with zero attached hydrogens (tertiary/aromatic N) is 1. The second kappa shape index (κ2) is 9.52. The summed E-state index contributed by atoms with van der Waals surface area (Å²) in [6.07, 6.45) is 0. The van der Waals surface area contributed by atoms with E-state index in [-0.39, 0.29) is 16.5 Å². The highest BCUT2D eigenvalue weighted by atomic mass is 32.2. The summed E-state index contributed by atoms with van der Waals surface area (Å²) in [6, 6.07) is 13.8. The van der Waals surface area contributed by atoms with Crippen LogP contribution in [0.25, 0.3) is 0 Å². The summed E-state index contributed by atoms with van der Waals surface area (Å²) in [6.45, 7) is 12.3. The highest BCUT2D eigenvalue weighted by molar-refractivity contribution is 7.89. The second-order valence-corrected chi connectivity index (χ2v) is 9.61. The number of sulfonamides is 1. The van der Waals surface area contributed by atoms with E-state index in [1.165, 1.54) is 6.07 Å². The maximum atomic E-state index is 12.7. The first-order chi connectivity index (χ1) is 13.6. The first-order valence-electron chi connectivity index (χ1n) is 9.81. The average Bonchev–Trinajstić information content (AvgIpc) is 2.65. The third-order valence-electron chi connectivity index (χ3n) is 4.38.